The monoisotopic (exact) mass is 701 g/mol. The molecule has 1 aromatic heterocycles. The van der Waals surface area contributed by atoms with Crippen molar-refractivity contribution in [2.45, 2.75) is 59.3 Å². The molecule has 7 aromatic rings. The first-order valence-electron chi connectivity index (χ1n) is 19.6. The second-order valence-electron chi connectivity index (χ2n) is 14.3. The van der Waals surface area contributed by atoms with Crippen LogP contribution in [0.5, 0.6) is 0 Å². The molecule has 2 aliphatic rings. The molecule has 0 aliphatic heterocycles. The molecular formula is C53H51N. The zero-order valence-corrected chi connectivity index (χ0v) is 32.4. The van der Waals surface area contributed by atoms with Crippen LogP contribution in [0.3, 0.4) is 0 Å². The number of rotatable bonds is 5. The maximum absolute atomic E-state index is 4.26. The summed E-state index contributed by atoms with van der Waals surface area (Å²) in [5.74, 6) is 1.12. The highest BCUT2D eigenvalue weighted by atomic mass is 15.0. The number of benzene rings is 6. The summed E-state index contributed by atoms with van der Waals surface area (Å²) in [6, 6.07) is 49.1. The molecule has 0 radical (unpaired) electrons. The second kappa shape index (κ2) is 16.4. The van der Waals surface area contributed by atoms with E-state index in [9.17, 15) is 0 Å². The molecule has 2 atom stereocenters. The van der Waals surface area contributed by atoms with Crippen LogP contribution in [0.1, 0.15) is 73.8 Å². The number of aromatic nitrogens is 1. The molecule has 268 valence electrons. The Morgan fingerprint density at radius 2 is 1.44 bits per heavy atom. The van der Waals surface area contributed by atoms with Gasteiger partial charge in [-0.15, -0.1) is 0 Å². The molecule has 0 bridgehead atoms. The molecule has 1 nitrogen and oxygen atoms in total. The van der Waals surface area contributed by atoms with Crippen LogP contribution in [0.4, 0.5) is 0 Å². The van der Waals surface area contributed by atoms with Crippen LogP contribution in [0.25, 0.3) is 55.3 Å². The van der Waals surface area contributed by atoms with Crippen LogP contribution in [-0.4, -0.2) is 4.57 Å². The van der Waals surface area contributed by atoms with E-state index in [2.05, 4.69) is 189 Å². The van der Waals surface area contributed by atoms with E-state index in [4.69, 9.17) is 0 Å². The van der Waals surface area contributed by atoms with Crippen molar-refractivity contribution in [3.63, 3.8) is 0 Å². The van der Waals surface area contributed by atoms with E-state index in [1.807, 2.05) is 26.8 Å². The number of nitrogens with zero attached hydrogens (tertiary/aromatic N) is 1. The van der Waals surface area contributed by atoms with Crippen LogP contribution in [0.2, 0.25) is 0 Å². The first-order chi connectivity index (χ1) is 26.5. The van der Waals surface area contributed by atoms with Gasteiger partial charge in [0.25, 0.3) is 0 Å². The van der Waals surface area contributed by atoms with Gasteiger partial charge in [0.05, 0.1) is 11.0 Å². The van der Waals surface area contributed by atoms with Crippen LogP contribution in [0.15, 0.2) is 176 Å². The number of allylic oxidation sites excluding steroid dienone is 7. The summed E-state index contributed by atoms with van der Waals surface area (Å²) in [5, 5.41) is 2.54. The van der Waals surface area contributed by atoms with Crippen molar-refractivity contribution in [1.82, 2.24) is 4.57 Å². The van der Waals surface area contributed by atoms with Crippen molar-refractivity contribution < 1.29 is 0 Å². The van der Waals surface area contributed by atoms with Gasteiger partial charge in [-0.05, 0) is 119 Å². The Hall–Kier alpha value is -5.92. The van der Waals surface area contributed by atoms with Gasteiger partial charge >= 0.3 is 0 Å². The zero-order chi connectivity index (χ0) is 37.6. The van der Waals surface area contributed by atoms with Gasteiger partial charge in [0.15, 0.2) is 0 Å². The van der Waals surface area contributed by atoms with Crippen molar-refractivity contribution in [3.05, 3.63) is 204 Å². The predicted octanol–water partition coefficient (Wildman–Crippen LogP) is 15.0. The summed E-state index contributed by atoms with van der Waals surface area (Å²) in [6.45, 7) is 14.8. The summed E-state index contributed by atoms with van der Waals surface area (Å²) in [7, 11) is 0. The molecule has 2 unspecified atom stereocenters. The number of fused-ring (bicyclic) bond motifs is 6. The minimum atomic E-state index is 0.532. The van der Waals surface area contributed by atoms with Gasteiger partial charge in [0.1, 0.15) is 0 Å². The second-order valence-corrected chi connectivity index (χ2v) is 14.3. The number of hydrogen-bond donors (Lipinski definition) is 0. The number of hydrogen-bond acceptors (Lipinski definition) is 0. The molecule has 54 heavy (non-hydrogen) atoms. The van der Waals surface area contributed by atoms with E-state index in [1.54, 1.807) is 0 Å². The van der Waals surface area contributed by atoms with E-state index in [0.717, 1.165) is 29.7 Å². The fourth-order valence-electron chi connectivity index (χ4n) is 8.01. The molecule has 0 saturated heterocycles. The van der Waals surface area contributed by atoms with Gasteiger partial charge in [-0.1, -0.05) is 166 Å². The van der Waals surface area contributed by atoms with Crippen LogP contribution < -0.4 is 0 Å². The Morgan fingerprint density at radius 1 is 0.704 bits per heavy atom. The Morgan fingerprint density at radius 3 is 2.24 bits per heavy atom. The molecule has 0 N–H and O–H groups in total. The lowest BCUT2D eigenvalue weighted by atomic mass is 9.78. The van der Waals surface area contributed by atoms with Gasteiger partial charge in [0.2, 0.25) is 0 Å². The standard InChI is InChI=1S/C38H31N.C13H14.C2H6/c1-4-10-25(2)27-12-9-13-31(22-27)39-37-16-8-7-15-34(37)36-24-29(18-20-38(36)39)28-17-19-32-26(3)21-30-11-5-6-14-33(30)35(32)23-28;1-11-7-9-13(10-8-11)12-5-3-2-4-6-12;1-2/h4-20,22-24,26H,2,21H2,1,3H3;2-5,7-10,12H,6H2,1H3;1-2H3/b10-4-;;. The number of para-hydroxylation sites is 1. The lowest BCUT2D eigenvalue weighted by Gasteiger charge is -2.26. The van der Waals surface area contributed by atoms with Crippen LogP contribution >= 0.6 is 0 Å². The molecule has 0 fully saturated rings. The quantitative estimate of drug-likeness (QED) is 0.157. The molecule has 0 spiro atoms. The Labute approximate surface area is 322 Å². The van der Waals surface area contributed by atoms with E-state index in [-0.39, 0.29) is 0 Å². The summed E-state index contributed by atoms with van der Waals surface area (Å²) in [4.78, 5) is 0. The van der Waals surface area contributed by atoms with Crippen LogP contribution in [-0.2, 0) is 6.42 Å². The minimum absolute atomic E-state index is 0.532. The average Bonchev–Trinajstić information content (AvgIpc) is 3.56. The van der Waals surface area contributed by atoms with E-state index in [1.165, 1.54) is 66.3 Å². The smallest absolute Gasteiger partial charge is 0.0541 e. The number of aryl methyl sites for hydroxylation is 1. The molecule has 0 amide bonds. The first kappa shape index (κ1) is 36.4. The third-order valence-electron chi connectivity index (χ3n) is 10.8. The summed E-state index contributed by atoms with van der Waals surface area (Å²) < 4.78 is 2.38. The van der Waals surface area contributed by atoms with Gasteiger partial charge < -0.3 is 4.57 Å². The van der Waals surface area contributed by atoms with Gasteiger partial charge in [-0.3, -0.25) is 0 Å². The lowest BCUT2D eigenvalue weighted by molar-refractivity contribution is 0.749. The minimum Gasteiger partial charge on any atom is -0.309 e. The lowest BCUT2D eigenvalue weighted by Crippen LogP contribution is -2.08. The SMILES string of the molecule is C=C(/C=C\C)c1cccc(-n2c3ccccc3c3cc(-c4ccc5c(c4)-c4ccccc4CC5C)ccc32)c1.CC.Cc1ccc(C2C=CC=CC2)cc1. The highest BCUT2D eigenvalue weighted by Crippen LogP contribution is 2.42. The highest BCUT2D eigenvalue weighted by molar-refractivity contribution is 6.10. The summed E-state index contributed by atoms with van der Waals surface area (Å²) in [6.07, 6.45) is 15.1. The maximum Gasteiger partial charge on any atom is 0.0541 e. The van der Waals surface area contributed by atoms with E-state index >= 15 is 0 Å². The largest absolute Gasteiger partial charge is 0.309 e. The Balaban J connectivity index is 0.000000252. The molecule has 6 aromatic carbocycles. The average molecular weight is 702 g/mol. The van der Waals surface area contributed by atoms with Crippen molar-refractivity contribution in [2.75, 3.05) is 0 Å². The summed E-state index contributed by atoms with van der Waals surface area (Å²) >= 11 is 0. The Kier molecular flexibility index (Phi) is 11.1. The third kappa shape index (κ3) is 7.32. The topological polar surface area (TPSA) is 4.93 Å². The molecule has 0 saturated carbocycles. The highest BCUT2D eigenvalue weighted by Gasteiger charge is 2.22. The van der Waals surface area contributed by atoms with E-state index < -0.39 is 0 Å². The van der Waals surface area contributed by atoms with Gasteiger partial charge in [-0.25, -0.2) is 0 Å². The fraction of sp³-hybridized carbons (Fsp3) is 0.170. The van der Waals surface area contributed by atoms with Crippen molar-refractivity contribution in [2.24, 2.45) is 0 Å². The van der Waals surface area contributed by atoms with Gasteiger partial charge in [0, 0.05) is 22.4 Å². The summed E-state index contributed by atoms with van der Waals surface area (Å²) in [5.41, 5.74) is 16.7. The molecule has 2 aliphatic carbocycles. The maximum atomic E-state index is 4.26. The van der Waals surface area contributed by atoms with Crippen molar-refractivity contribution in [1.29, 1.82) is 0 Å². The molecular weight excluding hydrogens is 651 g/mol. The van der Waals surface area contributed by atoms with Crippen LogP contribution in [0, 0.1) is 6.92 Å². The Bertz CT molecular complexity index is 2520. The predicted molar refractivity (Wildman–Crippen MR) is 236 cm³/mol. The first-order valence-corrected chi connectivity index (χ1v) is 19.6. The molecule has 1 heterocycles. The van der Waals surface area contributed by atoms with Gasteiger partial charge in [-0.2, -0.15) is 0 Å². The third-order valence-corrected chi connectivity index (χ3v) is 10.8. The normalized spacial score (nSPS) is 15.6. The molecule has 9 rings (SSSR count). The molecule has 1 heteroatoms. The fourth-order valence-corrected chi connectivity index (χ4v) is 8.01. The zero-order valence-electron chi connectivity index (χ0n) is 32.4. The van der Waals surface area contributed by atoms with Crippen molar-refractivity contribution >= 4 is 27.4 Å². The van der Waals surface area contributed by atoms with E-state index in [0.29, 0.717) is 11.8 Å². The van der Waals surface area contributed by atoms with Crippen molar-refractivity contribution in [3.8, 4) is 27.9 Å².